The van der Waals surface area contributed by atoms with Crippen LogP contribution >= 0.6 is 11.6 Å². The second-order valence-corrected chi connectivity index (χ2v) is 9.36. The van der Waals surface area contributed by atoms with Crippen molar-refractivity contribution in [1.29, 1.82) is 0 Å². The Bertz CT molecular complexity index is 964. The van der Waals surface area contributed by atoms with Gasteiger partial charge in [0.1, 0.15) is 5.82 Å². The zero-order chi connectivity index (χ0) is 20.3. The van der Waals surface area contributed by atoms with Crippen LogP contribution in [0.5, 0.6) is 0 Å². The van der Waals surface area contributed by atoms with Crippen LogP contribution < -0.4 is 5.32 Å². The molecule has 1 heterocycles. The van der Waals surface area contributed by atoms with Crippen LogP contribution in [-0.4, -0.2) is 31.7 Å². The molecule has 0 saturated carbocycles. The Hall–Kier alpha value is -1.96. The van der Waals surface area contributed by atoms with Crippen LogP contribution in [0.15, 0.2) is 42.5 Å². The van der Waals surface area contributed by atoms with Crippen molar-refractivity contribution in [3.05, 3.63) is 64.4 Å². The molecular weight excluding hydrogens is 403 g/mol. The Morgan fingerprint density at radius 2 is 1.96 bits per heavy atom. The zero-order valence-corrected chi connectivity index (χ0v) is 17.1. The summed E-state index contributed by atoms with van der Waals surface area (Å²) in [5.74, 6) is -1.27. The number of nitrogens with one attached hydrogen (secondary N) is 1. The number of sulfonamides is 1. The summed E-state index contributed by atoms with van der Waals surface area (Å²) in [5.41, 5.74) is 1.92. The van der Waals surface area contributed by atoms with Gasteiger partial charge in [0.2, 0.25) is 15.9 Å². The van der Waals surface area contributed by atoms with E-state index < -0.39 is 21.8 Å². The smallest absolute Gasteiger partial charge is 0.228 e. The monoisotopic (exact) mass is 424 g/mol. The van der Waals surface area contributed by atoms with Crippen molar-refractivity contribution in [3.8, 4) is 0 Å². The highest BCUT2D eigenvalue weighted by atomic mass is 35.5. The molecule has 1 aliphatic rings. The lowest BCUT2D eigenvalue weighted by Gasteiger charge is -2.31. The van der Waals surface area contributed by atoms with Gasteiger partial charge in [0.25, 0.3) is 0 Å². The maximum atomic E-state index is 13.0. The summed E-state index contributed by atoms with van der Waals surface area (Å²) in [5, 5.41) is 3.42. The second-order valence-electron chi connectivity index (χ2n) is 6.98. The van der Waals surface area contributed by atoms with E-state index in [1.165, 1.54) is 28.6 Å². The van der Waals surface area contributed by atoms with Gasteiger partial charge in [-0.2, -0.15) is 0 Å². The predicted octanol–water partition coefficient (Wildman–Crippen LogP) is 3.97. The summed E-state index contributed by atoms with van der Waals surface area (Å²) in [7, 11) is -3.59. The van der Waals surface area contributed by atoms with Crippen molar-refractivity contribution >= 4 is 33.2 Å². The van der Waals surface area contributed by atoms with Crippen molar-refractivity contribution in [3.63, 3.8) is 0 Å². The van der Waals surface area contributed by atoms with Crippen molar-refractivity contribution < 1.29 is 17.6 Å². The van der Waals surface area contributed by atoms with E-state index in [2.05, 4.69) is 5.32 Å². The molecule has 1 fully saturated rings. The highest BCUT2D eigenvalue weighted by Gasteiger charge is 2.32. The lowest BCUT2D eigenvalue weighted by molar-refractivity contribution is -0.120. The van der Waals surface area contributed by atoms with Gasteiger partial charge in [-0.1, -0.05) is 29.8 Å². The molecule has 0 radical (unpaired) electrons. The lowest BCUT2D eigenvalue weighted by Crippen LogP contribution is -2.44. The van der Waals surface area contributed by atoms with Crippen LogP contribution in [0.4, 0.5) is 10.1 Å². The topological polar surface area (TPSA) is 66.5 Å². The molecule has 1 N–H and O–H groups in total. The van der Waals surface area contributed by atoms with Gasteiger partial charge in [-0.3, -0.25) is 4.79 Å². The van der Waals surface area contributed by atoms with E-state index in [9.17, 15) is 17.6 Å². The molecule has 150 valence electrons. The van der Waals surface area contributed by atoms with Gasteiger partial charge >= 0.3 is 0 Å². The van der Waals surface area contributed by atoms with Gasteiger partial charge in [0.15, 0.2) is 0 Å². The molecular formula is C20H22ClFN2O3S. The van der Waals surface area contributed by atoms with Crippen molar-refractivity contribution in [2.45, 2.75) is 25.5 Å². The fourth-order valence-corrected chi connectivity index (χ4v) is 5.05. The summed E-state index contributed by atoms with van der Waals surface area (Å²) in [4.78, 5) is 12.7. The van der Waals surface area contributed by atoms with Gasteiger partial charge in [0, 0.05) is 23.8 Å². The largest absolute Gasteiger partial charge is 0.326 e. The van der Waals surface area contributed by atoms with Crippen LogP contribution in [0.1, 0.15) is 24.0 Å². The molecule has 28 heavy (non-hydrogen) atoms. The van der Waals surface area contributed by atoms with E-state index >= 15 is 0 Å². The minimum absolute atomic E-state index is 0.134. The highest BCUT2D eigenvalue weighted by molar-refractivity contribution is 7.88. The average molecular weight is 425 g/mol. The number of amides is 1. The van der Waals surface area contributed by atoms with Gasteiger partial charge in [-0.25, -0.2) is 17.1 Å². The normalized spacial score (nSPS) is 18.0. The van der Waals surface area contributed by atoms with Crippen LogP contribution in [0, 0.1) is 18.7 Å². The summed E-state index contributed by atoms with van der Waals surface area (Å²) < 4.78 is 39.9. The Labute approximate surface area is 169 Å². The summed E-state index contributed by atoms with van der Waals surface area (Å²) in [6, 6.07) is 10.7. The van der Waals surface area contributed by atoms with Gasteiger partial charge in [0.05, 0.1) is 11.7 Å². The first kappa shape index (κ1) is 20.8. The molecule has 0 spiro atoms. The third-order valence-electron chi connectivity index (χ3n) is 4.94. The summed E-state index contributed by atoms with van der Waals surface area (Å²) >= 11 is 6.09. The molecule has 0 bridgehead atoms. The number of hydrogen-bond donors (Lipinski definition) is 1. The first-order valence-electron chi connectivity index (χ1n) is 9.04. The second kappa shape index (κ2) is 8.59. The molecule has 3 rings (SSSR count). The standard InChI is InChI=1S/C20H22ClFN2O3S/c1-14-18(21)5-2-6-19(14)23-20(25)16-4-3-11-24(12-16)28(26,27)13-15-7-9-17(22)10-8-15/h2,5-10,16H,3-4,11-13H2,1H3,(H,23,25). The number of anilines is 1. The number of benzene rings is 2. The van der Waals surface area contributed by atoms with Crippen molar-refractivity contribution in [2.75, 3.05) is 18.4 Å². The number of hydrogen-bond acceptors (Lipinski definition) is 3. The van der Waals surface area contributed by atoms with Gasteiger partial charge < -0.3 is 5.32 Å². The van der Waals surface area contributed by atoms with Crippen LogP contribution in [-0.2, 0) is 20.6 Å². The number of piperidine rings is 1. The number of carbonyl (C=O) groups is 1. The molecule has 0 aliphatic carbocycles. The number of rotatable bonds is 5. The first-order chi connectivity index (χ1) is 13.3. The average Bonchev–Trinajstić information content (AvgIpc) is 2.67. The van der Waals surface area contributed by atoms with Gasteiger partial charge in [-0.15, -0.1) is 0 Å². The van der Waals surface area contributed by atoms with E-state index in [1.54, 1.807) is 18.2 Å². The molecule has 1 aliphatic heterocycles. The third kappa shape index (κ3) is 4.90. The van der Waals surface area contributed by atoms with E-state index in [1.807, 2.05) is 6.92 Å². The Morgan fingerprint density at radius 3 is 2.68 bits per heavy atom. The minimum atomic E-state index is -3.59. The molecule has 1 saturated heterocycles. The van der Waals surface area contributed by atoms with E-state index in [0.717, 1.165) is 5.56 Å². The SMILES string of the molecule is Cc1c(Cl)cccc1NC(=O)C1CCCN(S(=O)(=O)Cc2ccc(F)cc2)C1. The third-order valence-corrected chi connectivity index (χ3v) is 7.16. The zero-order valence-electron chi connectivity index (χ0n) is 15.5. The molecule has 1 amide bonds. The quantitative estimate of drug-likeness (QED) is 0.789. The Kier molecular flexibility index (Phi) is 6.37. The fraction of sp³-hybridized carbons (Fsp3) is 0.350. The van der Waals surface area contributed by atoms with E-state index in [0.29, 0.717) is 35.7 Å². The molecule has 8 heteroatoms. The molecule has 1 atom stereocenters. The van der Waals surface area contributed by atoms with Crippen molar-refractivity contribution in [2.24, 2.45) is 5.92 Å². The lowest BCUT2D eigenvalue weighted by atomic mass is 9.98. The highest BCUT2D eigenvalue weighted by Crippen LogP contribution is 2.26. The first-order valence-corrected chi connectivity index (χ1v) is 11.0. The van der Waals surface area contributed by atoms with E-state index in [-0.39, 0.29) is 18.2 Å². The number of nitrogens with zero attached hydrogens (tertiary/aromatic N) is 1. The van der Waals surface area contributed by atoms with E-state index in [4.69, 9.17) is 11.6 Å². The number of halogens is 2. The molecule has 1 unspecified atom stereocenters. The van der Waals surface area contributed by atoms with Gasteiger partial charge in [-0.05, 0) is 55.2 Å². The molecule has 2 aromatic rings. The van der Waals surface area contributed by atoms with Crippen LogP contribution in [0.25, 0.3) is 0 Å². The van der Waals surface area contributed by atoms with Crippen LogP contribution in [0.3, 0.4) is 0 Å². The van der Waals surface area contributed by atoms with Crippen molar-refractivity contribution in [1.82, 2.24) is 4.31 Å². The maximum Gasteiger partial charge on any atom is 0.228 e. The maximum absolute atomic E-state index is 13.0. The number of carbonyl (C=O) groups excluding carboxylic acids is 1. The molecule has 0 aromatic heterocycles. The fourth-order valence-electron chi connectivity index (χ4n) is 3.27. The molecule has 5 nitrogen and oxygen atoms in total. The minimum Gasteiger partial charge on any atom is -0.326 e. The summed E-state index contributed by atoms with van der Waals surface area (Å²) in [6.45, 7) is 2.33. The summed E-state index contributed by atoms with van der Waals surface area (Å²) in [6.07, 6.45) is 1.23. The Morgan fingerprint density at radius 1 is 1.25 bits per heavy atom. The predicted molar refractivity (Wildman–Crippen MR) is 108 cm³/mol. The van der Waals surface area contributed by atoms with Crippen LogP contribution in [0.2, 0.25) is 5.02 Å². The molecule has 2 aromatic carbocycles. The Balaban J connectivity index is 1.68.